The Labute approximate surface area is 208 Å². The van der Waals surface area contributed by atoms with Crippen molar-refractivity contribution in [3.63, 3.8) is 0 Å². The quantitative estimate of drug-likeness (QED) is 0.346. The lowest BCUT2D eigenvalue weighted by Crippen LogP contribution is -2.44. The van der Waals surface area contributed by atoms with E-state index in [4.69, 9.17) is 22.2 Å². The number of hydrogen-bond donors (Lipinski definition) is 0. The third-order valence-electron chi connectivity index (χ3n) is 5.81. The van der Waals surface area contributed by atoms with Crippen LogP contribution in [0.15, 0.2) is 30.5 Å². The van der Waals surface area contributed by atoms with E-state index in [1.807, 2.05) is 12.1 Å². The molecular formula is C23H20BrF3N4O2S. The third kappa shape index (κ3) is 4.25. The van der Waals surface area contributed by atoms with Gasteiger partial charge >= 0.3 is 6.18 Å². The maximum absolute atomic E-state index is 13.5. The topological polar surface area (TPSA) is 69.5 Å². The van der Waals surface area contributed by atoms with Crippen LogP contribution in [0.4, 0.5) is 24.5 Å². The number of hydrogen-bond acceptors (Lipinski definition) is 5. The lowest BCUT2D eigenvalue weighted by Gasteiger charge is -2.30. The molecule has 6 nitrogen and oxygen atoms in total. The molecule has 1 aliphatic heterocycles. The summed E-state index contributed by atoms with van der Waals surface area (Å²) in [5.74, 6) is 0.626. The largest absolute Gasteiger partial charge is 0.492 e. The van der Waals surface area contributed by atoms with E-state index < -0.39 is 28.9 Å². The number of carbonyl (C=O) groups is 1. The van der Waals surface area contributed by atoms with E-state index >= 15 is 0 Å². The third-order valence-corrected chi connectivity index (χ3v) is 6.50. The maximum Gasteiger partial charge on any atom is 0.419 e. The summed E-state index contributed by atoms with van der Waals surface area (Å²) in [6, 6.07) is 7.74. The smallest absolute Gasteiger partial charge is 0.419 e. The van der Waals surface area contributed by atoms with Crippen LogP contribution in [0.5, 0.6) is 5.75 Å². The number of nitriles is 1. The van der Waals surface area contributed by atoms with Crippen LogP contribution in [0.3, 0.4) is 0 Å². The standard InChI is InChI=1S/C23H20BrF3N4O2S/c1-22(2)20(32)30(15-10-17(23(25,26)27)18(11-28)29-12-15)21(34)31(22)14-5-6-19(33-8-7-24)16(9-14)13-3-4-13/h5-6,9-10,12-13H,3-4,7-8H2,1-2H3. The van der Waals surface area contributed by atoms with E-state index in [0.717, 1.165) is 41.3 Å². The summed E-state index contributed by atoms with van der Waals surface area (Å²) in [7, 11) is 0. The maximum atomic E-state index is 13.5. The zero-order valence-electron chi connectivity index (χ0n) is 18.3. The van der Waals surface area contributed by atoms with Gasteiger partial charge in [0, 0.05) is 11.0 Å². The number of nitrogens with zero attached hydrogens (tertiary/aromatic N) is 4. The van der Waals surface area contributed by atoms with Crippen LogP contribution in [0.2, 0.25) is 0 Å². The molecule has 1 aromatic heterocycles. The molecule has 0 N–H and O–H groups in total. The molecule has 2 heterocycles. The molecule has 2 fully saturated rings. The monoisotopic (exact) mass is 552 g/mol. The number of anilines is 2. The highest BCUT2D eigenvalue weighted by atomic mass is 79.9. The molecule has 178 valence electrons. The predicted octanol–water partition coefficient (Wildman–Crippen LogP) is 5.54. The number of benzene rings is 1. The van der Waals surface area contributed by atoms with E-state index in [0.29, 0.717) is 23.5 Å². The lowest BCUT2D eigenvalue weighted by atomic mass is 10.0. The average Bonchev–Trinajstić information content (AvgIpc) is 3.60. The molecule has 1 aromatic carbocycles. The van der Waals surface area contributed by atoms with Crippen molar-refractivity contribution >= 4 is 50.5 Å². The SMILES string of the molecule is CC1(C)C(=O)N(c2cnc(C#N)c(C(F)(F)F)c2)C(=S)N1c1ccc(OCCBr)c(C2CC2)c1. The van der Waals surface area contributed by atoms with E-state index in [2.05, 4.69) is 20.9 Å². The molecule has 1 saturated carbocycles. The van der Waals surface area contributed by atoms with Gasteiger partial charge in [-0.1, -0.05) is 15.9 Å². The molecular weight excluding hydrogens is 533 g/mol. The van der Waals surface area contributed by atoms with Crippen LogP contribution < -0.4 is 14.5 Å². The van der Waals surface area contributed by atoms with Crippen molar-refractivity contribution < 1.29 is 22.7 Å². The zero-order valence-corrected chi connectivity index (χ0v) is 20.7. The number of thiocarbonyl (C=S) groups is 1. The Bertz CT molecular complexity index is 1210. The average molecular weight is 553 g/mol. The van der Waals surface area contributed by atoms with Crippen LogP contribution in [0, 0.1) is 11.3 Å². The molecule has 0 spiro atoms. The lowest BCUT2D eigenvalue weighted by molar-refractivity contribution is -0.138. The van der Waals surface area contributed by atoms with Crippen molar-refractivity contribution in [1.82, 2.24) is 4.98 Å². The number of aromatic nitrogens is 1. The molecule has 4 rings (SSSR count). The van der Waals surface area contributed by atoms with Crippen LogP contribution in [-0.4, -0.2) is 33.5 Å². The van der Waals surface area contributed by atoms with Gasteiger partial charge in [-0.2, -0.15) is 18.4 Å². The van der Waals surface area contributed by atoms with Gasteiger partial charge in [-0.25, -0.2) is 4.98 Å². The second-order valence-corrected chi connectivity index (χ2v) is 9.71. The fourth-order valence-corrected chi connectivity index (χ4v) is 4.69. The molecule has 1 saturated heterocycles. The molecule has 34 heavy (non-hydrogen) atoms. The minimum Gasteiger partial charge on any atom is -0.492 e. The normalized spacial score (nSPS) is 17.8. The summed E-state index contributed by atoms with van der Waals surface area (Å²) in [4.78, 5) is 19.7. The Morgan fingerprint density at radius 1 is 1.29 bits per heavy atom. The van der Waals surface area contributed by atoms with Gasteiger partial charge in [0.25, 0.3) is 5.91 Å². The van der Waals surface area contributed by atoms with E-state index in [9.17, 15) is 18.0 Å². The summed E-state index contributed by atoms with van der Waals surface area (Å²) in [6.07, 6.45) is -1.68. The zero-order chi connectivity index (χ0) is 24.8. The van der Waals surface area contributed by atoms with E-state index in [1.165, 1.54) is 6.07 Å². The summed E-state index contributed by atoms with van der Waals surface area (Å²) in [6.45, 7) is 3.83. The molecule has 1 aliphatic carbocycles. The first-order valence-electron chi connectivity index (χ1n) is 10.5. The molecule has 0 atom stereocenters. The molecule has 0 radical (unpaired) electrons. The number of amides is 1. The van der Waals surface area contributed by atoms with Gasteiger partial charge in [-0.15, -0.1) is 0 Å². The van der Waals surface area contributed by atoms with Crippen molar-refractivity contribution in [2.24, 2.45) is 0 Å². The summed E-state index contributed by atoms with van der Waals surface area (Å²) < 4.78 is 46.3. The van der Waals surface area contributed by atoms with Gasteiger partial charge in [0.2, 0.25) is 0 Å². The van der Waals surface area contributed by atoms with Crippen LogP contribution in [0.1, 0.15) is 49.4 Å². The van der Waals surface area contributed by atoms with E-state index in [-0.39, 0.29) is 10.8 Å². The minimum atomic E-state index is -4.81. The number of pyridine rings is 1. The summed E-state index contributed by atoms with van der Waals surface area (Å²) in [5.41, 5.74) is -1.63. The number of alkyl halides is 4. The van der Waals surface area contributed by atoms with Crippen LogP contribution in [-0.2, 0) is 11.0 Å². The highest BCUT2D eigenvalue weighted by molar-refractivity contribution is 9.09. The Kier molecular flexibility index (Phi) is 6.33. The Morgan fingerprint density at radius 2 is 2.00 bits per heavy atom. The highest BCUT2D eigenvalue weighted by Gasteiger charge is 2.51. The van der Waals surface area contributed by atoms with E-state index in [1.54, 1.807) is 24.8 Å². The molecule has 2 aliphatic rings. The molecule has 0 unspecified atom stereocenters. The number of rotatable bonds is 6. The van der Waals surface area contributed by atoms with Crippen molar-refractivity contribution in [3.8, 4) is 11.8 Å². The first-order valence-corrected chi connectivity index (χ1v) is 12.0. The molecule has 1 amide bonds. The second kappa shape index (κ2) is 8.82. The number of carbonyl (C=O) groups excluding carboxylic acids is 1. The summed E-state index contributed by atoms with van der Waals surface area (Å²) in [5, 5.41) is 9.75. The first kappa shape index (κ1) is 24.4. The fraction of sp³-hybridized carbons (Fsp3) is 0.391. The molecule has 11 heteroatoms. The Balaban J connectivity index is 1.75. The van der Waals surface area contributed by atoms with Gasteiger partial charge in [-0.05, 0) is 74.7 Å². The fourth-order valence-electron chi connectivity index (χ4n) is 4.01. The van der Waals surface area contributed by atoms with Crippen LogP contribution >= 0.6 is 28.1 Å². The van der Waals surface area contributed by atoms with Crippen molar-refractivity contribution in [1.29, 1.82) is 5.26 Å². The summed E-state index contributed by atoms with van der Waals surface area (Å²) >= 11 is 8.95. The minimum absolute atomic E-state index is 0.0329. The molecule has 0 bridgehead atoms. The van der Waals surface area contributed by atoms with Gasteiger partial charge < -0.3 is 9.64 Å². The number of halogens is 4. The number of ether oxygens (including phenoxy) is 1. The Morgan fingerprint density at radius 3 is 2.59 bits per heavy atom. The second-order valence-electron chi connectivity index (χ2n) is 8.55. The van der Waals surface area contributed by atoms with Crippen molar-refractivity contribution in [2.45, 2.75) is 44.3 Å². The van der Waals surface area contributed by atoms with Gasteiger partial charge in [0.15, 0.2) is 10.8 Å². The van der Waals surface area contributed by atoms with Gasteiger partial charge in [-0.3, -0.25) is 9.69 Å². The first-order chi connectivity index (χ1) is 16.0. The van der Waals surface area contributed by atoms with Gasteiger partial charge in [0.1, 0.15) is 17.4 Å². The van der Waals surface area contributed by atoms with Gasteiger partial charge in [0.05, 0.1) is 24.1 Å². The van der Waals surface area contributed by atoms with Crippen molar-refractivity contribution in [2.75, 3.05) is 21.7 Å². The molecule has 2 aromatic rings. The predicted molar refractivity (Wildman–Crippen MR) is 128 cm³/mol. The van der Waals surface area contributed by atoms with Crippen molar-refractivity contribution in [3.05, 3.63) is 47.3 Å². The van der Waals surface area contributed by atoms with Crippen LogP contribution in [0.25, 0.3) is 0 Å². The highest BCUT2D eigenvalue weighted by Crippen LogP contribution is 2.47. The Hall–Kier alpha value is -2.71.